The molecule has 0 heterocycles. The minimum Gasteiger partial charge on any atom is -0.303 e. The second-order valence-electron chi connectivity index (χ2n) is 2.52. The quantitative estimate of drug-likeness (QED) is 0.591. The van der Waals surface area contributed by atoms with Gasteiger partial charge in [-0.05, 0) is 20.0 Å². The van der Waals surface area contributed by atoms with Crippen LogP contribution < -0.4 is 0 Å². The first-order valence-corrected chi connectivity index (χ1v) is 3.86. The first kappa shape index (κ1) is 9.45. The monoisotopic (exact) mass is 140 g/mol. The summed E-state index contributed by atoms with van der Waals surface area (Å²) in [4.78, 5) is 2.26. The summed E-state index contributed by atoms with van der Waals surface area (Å²) in [6.45, 7) is 9.19. The second kappa shape index (κ2) is 5.25. The molecule has 1 unspecified atom stereocenters. The van der Waals surface area contributed by atoms with Crippen molar-refractivity contribution in [3.8, 4) is 6.07 Å². The van der Waals surface area contributed by atoms with Gasteiger partial charge >= 0.3 is 0 Å². The van der Waals surface area contributed by atoms with E-state index in [9.17, 15) is 0 Å². The molecule has 58 valence electrons. The molecule has 0 aromatic carbocycles. The predicted molar refractivity (Wildman–Crippen MR) is 42.6 cm³/mol. The molecule has 0 aromatic rings. The lowest BCUT2D eigenvalue weighted by molar-refractivity contribution is 0.282. The van der Waals surface area contributed by atoms with Gasteiger partial charge in [0.25, 0.3) is 0 Å². The summed E-state index contributed by atoms with van der Waals surface area (Å²) in [5, 5.41) is 8.50. The summed E-state index contributed by atoms with van der Waals surface area (Å²) < 4.78 is 0. The van der Waals surface area contributed by atoms with Gasteiger partial charge in [0.15, 0.2) is 0 Å². The summed E-state index contributed by atoms with van der Waals surface area (Å²) in [7, 11) is 0. The molecule has 0 amide bonds. The molecule has 0 aliphatic heterocycles. The third-order valence-corrected chi connectivity index (χ3v) is 1.65. The Morgan fingerprint density at radius 2 is 1.90 bits per heavy atom. The molecule has 1 atom stereocenters. The third kappa shape index (κ3) is 3.47. The highest BCUT2D eigenvalue weighted by Gasteiger charge is 2.04. The van der Waals surface area contributed by atoms with E-state index in [1.165, 1.54) is 0 Å². The number of nitriles is 1. The van der Waals surface area contributed by atoms with Crippen LogP contribution in [-0.4, -0.2) is 24.5 Å². The lowest BCUT2D eigenvalue weighted by Crippen LogP contribution is -2.27. The molecule has 0 aliphatic rings. The van der Waals surface area contributed by atoms with Crippen molar-refractivity contribution in [2.75, 3.05) is 19.6 Å². The summed E-state index contributed by atoms with van der Waals surface area (Å²) in [6.07, 6.45) is 0. The van der Waals surface area contributed by atoms with Crippen molar-refractivity contribution in [1.82, 2.24) is 4.90 Å². The van der Waals surface area contributed by atoms with Gasteiger partial charge in [0.2, 0.25) is 0 Å². The topological polar surface area (TPSA) is 27.0 Å². The molecule has 0 bridgehead atoms. The van der Waals surface area contributed by atoms with Gasteiger partial charge in [0.1, 0.15) is 0 Å². The van der Waals surface area contributed by atoms with E-state index in [0.717, 1.165) is 19.6 Å². The highest BCUT2D eigenvalue weighted by atomic mass is 15.1. The van der Waals surface area contributed by atoms with Gasteiger partial charge in [-0.3, -0.25) is 0 Å². The first-order chi connectivity index (χ1) is 4.74. The van der Waals surface area contributed by atoms with Crippen LogP contribution in [0.3, 0.4) is 0 Å². The molecule has 0 aromatic heterocycles. The maximum absolute atomic E-state index is 8.50. The van der Waals surface area contributed by atoms with Crippen molar-refractivity contribution in [3.05, 3.63) is 0 Å². The van der Waals surface area contributed by atoms with Crippen LogP contribution in [0.2, 0.25) is 0 Å². The zero-order valence-corrected chi connectivity index (χ0v) is 7.09. The van der Waals surface area contributed by atoms with Gasteiger partial charge < -0.3 is 4.90 Å². The van der Waals surface area contributed by atoms with Crippen LogP contribution in [0, 0.1) is 17.2 Å². The molecule has 2 nitrogen and oxygen atoms in total. The van der Waals surface area contributed by atoms with E-state index < -0.39 is 0 Å². The Hall–Kier alpha value is -0.550. The Morgan fingerprint density at radius 1 is 1.40 bits per heavy atom. The zero-order chi connectivity index (χ0) is 7.98. The SMILES string of the molecule is CCN(CC)CC(C)C#N. The molecule has 0 N–H and O–H groups in total. The lowest BCUT2D eigenvalue weighted by atomic mass is 10.2. The normalized spacial score (nSPS) is 13.1. The molecule has 0 saturated carbocycles. The Kier molecular flexibility index (Phi) is 4.96. The Morgan fingerprint density at radius 3 is 2.20 bits per heavy atom. The number of hydrogen-bond donors (Lipinski definition) is 0. The first-order valence-electron chi connectivity index (χ1n) is 3.86. The number of rotatable bonds is 4. The summed E-state index contributed by atoms with van der Waals surface area (Å²) in [5.74, 6) is 0.167. The fourth-order valence-corrected chi connectivity index (χ4v) is 0.910. The molecule has 0 fully saturated rings. The van der Waals surface area contributed by atoms with E-state index in [1.54, 1.807) is 0 Å². The van der Waals surface area contributed by atoms with E-state index in [4.69, 9.17) is 5.26 Å². The lowest BCUT2D eigenvalue weighted by Gasteiger charge is -2.18. The molecule has 0 rings (SSSR count). The van der Waals surface area contributed by atoms with E-state index in [2.05, 4.69) is 24.8 Å². The molecule has 0 aliphatic carbocycles. The molecule has 0 saturated heterocycles. The van der Waals surface area contributed by atoms with E-state index in [1.807, 2.05) is 6.92 Å². The van der Waals surface area contributed by atoms with Gasteiger partial charge in [-0.15, -0.1) is 0 Å². The smallest absolute Gasteiger partial charge is 0.0666 e. The number of nitrogens with zero attached hydrogens (tertiary/aromatic N) is 2. The zero-order valence-electron chi connectivity index (χ0n) is 7.09. The van der Waals surface area contributed by atoms with Crippen molar-refractivity contribution in [2.45, 2.75) is 20.8 Å². The highest BCUT2D eigenvalue weighted by molar-refractivity contribution is 4.80. The van der Waals surface area contributed by atoms with Crippen LogP contribution in [0.25, 0.3) is 0 Å². The van der Waals surface area contributed by atoms with Crippen molar-refractivity contribution >= 4 is 0 Å². The van der Waals surface area contributed by atoms with Crippen molar-refractivity contribution in [3.63, 3.8) is 0 Å². The van der Waals surface area contributed by atoms with Crippen LogP contribution >= 0.6 is 0 Å². The Balaban J connectivity index is 3.54. The van der Waals surface area contributed by atoms with Crippen LogP contribution in [0.5, 0.6) is 0 Å². The van der Waals surface area contributed by atoms with Gasteiger partial charge in [0, 0.05) is 6.54 Å². The largest absolute Gasteiger partial charge is 0.303 e. The van der Waals surface area contributed by atoms with Gasteiger partial charge in [-0.2, -0.15) is 5.26 Å². The Labute approximate surface area is 63.4 Å². The van der Waals surface area contributed by atoms with Crippen molar-refractivity contribution < 1.29 is 0 Å². The molecule has 2 heteroatoms. The minimum absolute atomic E-state index is 0.167. The van der Waals surface area contributed by atoms with Crippen molar-refractivity contribution in [1.29, 1.82) is 5.26 Å². The molecular formula is C8H16N2. The summed E-state index contributed by atoms with van der Waals surface area (Å²) >= 11 is 0. The summed E-state index contributed by atoms with van der Waals surface area (Å²) in [6, 6.07) is 2.22. The summed E-state index contributed by atoms with van der Waals surface area (Å²) in [5.41, 5.74) is 0. The van der Waals surface area contributed by atoms with Crippen LogP contribution in [0.1, 0.15) is 20.8 Å². The third-order valence-electron chi connectivity index (χ3n) is 1.65. The van der Waals surface area contributed by atoms with Gasteiger partial charge in [-0.1, -0.05) is 13.8 Å². The maximum Gasteiger partial charge on any atom is 0.0666 e. The minimum atomic E-state index is 0.167. The van der Waals surface area contributed by atoms with Crippen LogP contribution in [-0.2, 0) is 0 Å². The van der Waals surface area contributed by atoms with E-state index in [-0.39, 0.29) is 5.92 Å². The fraction of sp³-hybridized carbons (Fsp3) is 0.875. The van der Waals surface area contributed by atoms with Gasteiger partial charge in [0.05, 0.1) is 12.0 Å². The van der Waals surface area contributed by atoms with Crippen molar-refractivity contribution in [2.24, 2.45) is 5.92 Å². The van der Waals surface area contributed by atoms with E-state index in [0.29, 0.717) is 0 Å². The maximum atomic E-state index is 8.50. The predicted octanol–water partition coefficient (Wildman–Crippen LogP) is 1.49. The average molecular weight is 140 g/mol. The molecular weight excluding hydrogens is 124 g/mol. The molecule has 10 heavy (non-hydrogen) atoms. The second-order valence-corrected chi connectivity index (χ2v) is 2.52. The number of hydrogen-bond acceptors (Lipinski definition) is 2. The molecule has 0 radical (unpaired) electrons. The Bertz CT molecular complexity index is 111. The highest BCUT2D eigenvalue weighted by Crippen LogP contribution is 1.96. The average Bonchev–Trinajstić information content (AvgIpc) is 1.99. The fourth-order valence-electron chi connectivity index (χ4n) is 0.910. The standard InChI is InChI=1S/C8H16N2/c1-4-10(5-2)7-8(3)6-9/h8H,4-5,7H2,1-3H3. The van der Waals surface area contributed by atoms with Crippen LogP contribution in [0.15, 0.2) is 0 Å². The van der Waals surface area contributed by atoms with Crippen LogP contribution in [0.4, 0.5) is 0 Å². The van der Waals surface area contributed by atoms with Gasteiger partial charge in [-0.25, -0.2) is 0 Å². The van der Waals surface area contributed by atoms with E-state index >= 15 is 0 Å². The molecule has 0 spiro atoms.